The monoisotopic (exact) mass is 124 g/mol. The molecular formula is C6H8N2O. The third kappa shape index (κ3) is 0.937. The van der Waals surface area contributed by atoms with Gasteiger partial charge in [0, 0.05) is 6.20 Å². The van der Waals surface area contributed by atoms with E-state index in [9.17, 15) is 0 Å². The van der Waals surface area contributed by atoms with Gasteiger partial charge in [0.2, 0.25) is 0 Å². The fourth-order valence-electron chi connectivity index (χ4n) is 0.578. The van der Waals surface area contributed by atoms with E-state index >= 15 is 0 Å². The summed E-state index contributed by atoms with van der Waals surface area (Å²) in [6.45, 7) is 1.70. The summed E-state index contributed by atoms with van der Waals surface area (Å²) in [5.74, 6) is 0.0810. The molecule has 0 amide bonds. The van der Waals surface area contributed by atoms with Gasteiger partial charge in [-0.05, 0) is 13.0 Å². The van der Waals surface area contributed by atoms with E-state index in [4.69, 9.17) is 10.8 Å². The van der Waals surface area contributed by atoms with Gasteiger partial charge in [-0.3, -0.25) is 4.98 Å². The molecule has 0 aliphatic carbocycles. The zero-order chi connectivity index (χ0) is 6.85. The molecule has 0 fully saturated rings. The van der Waals surface area contributed by atoms with Crippen LogP contribution in [0.25, 0.3) is 0 Å². The Labute approximate surface area is 53.2 Å². The largest absolute Gasteiger partial charge is 0.504 e. The third-order valence-corrected chi connectivity index (χ3v) is 1.14. The number of hydrogen-bond donors (Lipinski definition) is 2. The van der Waals surface area contributed by atoms with Crippen molar-refractivity contribution >= 4 is 5.69 Å². The number of aryl methyl sites for hydroxylation is 1. The maximum absolute atomic E-state index is 9.02. The molecule has 9 heavy (non-hydrogen) atoms. The fourth-order valence-corrected chi connectivity index (χ4v) is 0.578. The molecule has 3 heteroatoms. The lowest BCUT2D eigenvalue weighted by molar-refractivity contribution is 0.470. The number of anilines is 1. The highest BCUT2D eigenvalue weighted by Gasteiger charge is 1.97. The number of nitrogens with zero attached hydrogens (tertiary/aromatic N) is 1. The van der Waals surface area contributed by atoms with E-state index in [2.05, 4.69) is 4.98 Å². The second-order valence-corrected chi connectivity index (χ2v) is 1.83. The highest BCUT2D eigenvalue weighted by Crippen LogP contribution is 2.20. The smallest absolute Gasteiger partial charge is 0.159 e. The fraction of sp³-hybridized carbons (Fsp3) is 0.167. The van der Waals surface area contributed by atoms with Crippen LogP contribution < -0.4 is 5.73 Å². The second-order valence-electron chi connectivity index (χ2n) is 1.83. The second kappa shape index (κ2) is 1.93. The van der Waals surface area contributed by atoms with Crippen molar-refractivity contribution in [1.82, 2.24) is 4.98 Å². The Balaban J connectivity index is 3.25. The van der Waals surface area contributed by atoms with Gasteiger partial charge in [-0.15, -0.1) is 0 Å². The van der Waals surface area contributed by atoms with Crippen LogP contribution in [-0.4, -0.2) is 10.1 Å². The average Bonchev–Trinajstić information content (AvgIpc) is 1.83. The first-order valence-electron chi connectivity index (χ1n) is 2.62. The molecule has 0 aromatic carbocycles. The van der Waals surface area contributed by atoms with Crippen LogP contribution in [0.2, 0.25) is 0 Å². The Kier molecular flexibility index (Phi) is 1.26. The van der Waals surface area contributed by atoms with Crippen molar-refractivity contribution in [2.24, 2.45) is 0 Å². The van der Waals surface area contributed by atoms with E-state index < -0.39 is 0 Å². The lowest BCUT2D eigenvalue weighted by atomic mass is 10.3. The molecule has 0 spiro atoms. The lowest BCUT2D eigenvalue weighted by Crippen LogP contribution is -1.88. The summed E-state index contributed by atoms with van der Waals surface area (Å²) in [4.78, 5) is 3.81. The first-order chi connectivity index (χ1) is 4.22. The predicted octanol–water partition coefficient (Wildman–Crippen LogP) is 0.678. The minimum absolute atomic E-state index is 0.0810. The topological polar surface area (TPSA) is 59.1 Å². The molecule has 48 valence electrons. The van der Waals surface area contributed by atoms with Crippen LogP contribution in [0.1, 0.15) is 5.69 Å². The summed E-state index contributed by atoms with van der Waals surface area (Å²) >= 11 is 0. The normalized spacial score (nSPS) is 9.44. The molecule has 0 saturated carbocycles. The molecule has 0 aliphatic heterocycles. The van der Waals surface area contributed by atoms with E-state index in [0.717, 1.165) is 0 Å². The number of hydrogen-bond acceptors (Lipinski definition) is 3. The summed E-state index contributed by atoms with van der Waals surface area (Å²) in [5.41, 5.74) is 6.27. The molecule has 3 nitrogen and oxygen atoms in total. The lowest BCUT2D eigenvalue weighted by Gasteiger charge is -1.98. The van der Waals surface area contributed by atoms with Crippen molar-refractivity contribution in [2.75, 3.05) is 5.73 Å². The Morgan fingerprint density at radius 1 is 1.67 bits per heavy atom. The van der Waals surface area contributed by atoms with Gasteiger partial charge in [0.25, 0.3) is 0 Å². The Morgan fingerprint density at radius 3 is 2.78 bits per heavy atom. The summed E-state index contributed by atoms with van der Waals surface area (Å²) in [6.07, 6.45) is 1.56. The van der Waals surface area contributed by atoms with E-state index in [1.807, 2.05) is 0 Å². The minimum atomic E-state index is 0.0810. The van der Waals surface area contributed by atoms with Crippen LogP contribution in [0.5, 0.6) is 5.75 Å². The van der Waals surface area contributed by atoms with Crippen molar-refractivity contribution in [2.45, 2.75) is 6.92 Å². The van der Waals surface area contributed by atoms with Gasteiger partial charge in [-0.25, -0.2) is 0 Å². The first kappa shape index (κ1) is 5.88. The Bertz CT molecular complexity index is 202. The first-order valence-corrected chi connectivity index (χ1v) is 2.62. The van der Waals surface area contributed by atoms with Gasteiger partial charge in [-0.1, -0.05) is 0 Å². The van der Waals surface area contributed by atoms with Gasteiger partial charge >= 0.3 is 0 Å². The van der Waals surface area contributed by atoms with E-state index in [0.29, 0.717) is 11.4 Å². The molecule has 1 rings (SSSR count). The number of aromatic nitrogens is 1. The minimum Gasteiger partial charge on any atom is -0.504 e. The van der Waals surface area contributed by atoms with Gasteiger partial charge in [0.05, 0.1) is 11.4 Å². The van der Waals surface area contributed by atoms with Crippen LogP contribution in [0.3, 0.4) is 0 Å². The van der Waals surface area contributed by atoms with Crippen molar-refractivity contribution in [3.63, 3.8) is 0 Å². The van der Waals surface area contributed by atoms with E-state index in [1.165, 1.54) is 0 Å². The molecule has 1 heterocycles. The molecule has 0 bridgehead atoms. The van der Waals surface area contributed by atoms with Crippen molar-refractivity contribution < 1.29 is 5.11 Å². The van der Waals surface area contributed by atoms with Gasteiger partial charge in [0.15, 0.2) is 5.75 Å². The standard InChI is InChI=1S/C6H8N2O/c1-4-6(9)5(7)2-3-8-4/h2-3,9H,1H3,(H2,7,8). The Morgan fingerprint density at radius 2 is 2.33 bits per heavy atom. The maximum atomic E-state index is 9.02. The average molecular weight is 124 g/mol. The van der Waals surface area contributed by atoms with Crippen molar-refractivity contribution in [1.29, 1.82) is 0 Å². The van der Waals surface area contributed by atoms with Crippen LogP contribution in [0, 0.1) is 6.92 Å². The maximum Gasteiger partial charge on any atom is 0.159 e. The van der Waals surface area contributed by atoms with Gasteiger partial charge < -0.3 is 10.8 Å². The molecule has 0 radical (unpaired) electrons. The molecule has 1 aromatic heterocycles. The van der Waals surface area contributed by atoms with Crippen molar-refractivity contribution in [3.8, 4) is 5.75 Å². The molecule has 0 unspecified atom stereocenters. The number of rotatable bonds is 0. The number of nitrogens with two attached hydrogens (primary N) is 1. The molecule has 3 N–H and O–H groups in total. The highest BCUT2D eigenvalue weighted by atomic mass is 16.3. The third-order valence-electron chi connectivity index (χ3n) is 1.14. The van der Waals surface area contributed by atoms with E-state index in [-0.39, 0.29) is 5.75 Å². The summed E-state index contributed by atoms with van der Waals surface area (Å²) in [6, 6.07) is 1.56. The van der Waals surface area contributed by atoms with Crippen molar-refractivity contribution in [3.05, 3.63) is 18.0 Å². The number of aromatic hydroxyl groups is 1. The zero-order valence-electron chi connectivity index (χ0n) is 5.13. The van der Waals surface area contributed by atoms with Crippen LogP contribution in [-0.2, 0) is 0 Å². The zero-order valence-corrected chi connectivity index (χ0v) is 5.13. The number of nitrogen functional groups attached to an aromatic ring is 1. The molecular weight excluding hydrogens is 116 g/mol. The Hall–Kier alpha value is -1.25. The van der Waals surface area contributed by atoms with Crippen LogP contribution >= 0.6 is 0 Å². The molecule has 0 aliphatic rings. The van der Waals surface area contributed by atoms with Gasteiger partial charge in [0.1, 0.15) is 0 Å². The number of pyridine rings is 1. The van der Waals surface area contributed by atoms with E-state index in [1.54, 1.807) is 19.2 Å². The SMILES string of the molecule is Cc1nccc(N)c1O. The summed E-state index contributed by atoms with van der Waals surface area (Å²) in [5, 5.41) is 9.02. The predicted molar refractivity (Wildman–Crippen MR) is 35.1 cm³/mol. The molecule has 0 saturated heterocycles. The summed E-state index contributed by atoms with van der Waals surface area (Å²) < 4.78 is 0. The summed E-state index contributed by atoms with van der Waals surface area (Å²) in [7, 11) is 0. The molecule has 0 atom stereocenters. The highest BCUT2D eigenvalue weighted by molar-refractivity contribution is 5.52. The van der Waals surface area contributed by atoms with Crippen LogP contribution in [0.4, 0.5) is 5.69 Å². The molecule has 1 aromatic rings. The van der Waals surface area contributed by atoms with Gasteiger partial charge in [-0.2, -0.15) is 0 Å². The van der Waals surface area contributed by atoms with Crippen LogP contribution in [0.15, 0.2) is 12.3 Å². The quantitative estimate of drug-likeness (QED) is 0.534.